The van der Waals surface area contributed by atoms with E-state index in [0.717, 1.165) is 65.9 Å². The smallest absolute Gasteiger partial charge is 0.255 e. The molecule has 8 nitrogen and oxygen atoms in total. The van der Waals surface area contributed by atoms with E-state index in [9.17, 15) is 9.59 Å². The molecule has 0 saturated carbocycles. The van der Waals surface area contributed by atoms with Gasteiger partial charge < -0.3 is 21.3 Å². The highest BCUT2D eigenvalue weighted by atomic mass is 35.5. The van der Waals surface area contributed by atoms with Gasteiger partial charge in [-0.3, -0.25) is 19.6 Å². The number of hydrogen-bond acceptors (Lipinski definition) is 6. The highest BCUT2D eigenvalue weighted by Gasteiger charge is 2.11. The summed E-state index contributed by atoms with van der Waals surface area (Å²) in [5.41, 5.74) is 5.07. The lowest BCUT2D eigenvalue weighted by molar-refractivity contribution is -0.116. The fourth-order valence-corrected chi connectivity index (χ4v) is 4.11. The van der Waals surface area contributed by atoms with Crippen molar-refractivity contribution < 1.29 is 9.59 Å². The van der Waals surface area contributed by atoms with Crippen LogP contribution in [0, 0.1) is 0 Å². The summed E-state index contributed by atoms with van der Waals surface area (Å²) in [5.74, 6) is 1.56. The zero-order valence-corrected chi connectivity index (χ0v) is 21.1. The molecular formula is C28H29ClN6O2. The van der Waals surface area contributed by atoms with Gasteiger partial charge in [0.1, 0.15) is 11.7 Å². The lowest BCUT2D eigenvalue weighted by Gasteiger charge is -2.09. The minimum Gasteiger partial charge on any atom is -0.368 e. The molecule has 9 heteroatoms. The van der Waals surface area contributed by atoms with Crippen LogP contribution in [0.25, 0.3) is 0 Å². The van der Waals surface area contributed by atoms with E-state index in [1.54, 1.807) is 12.1 Å². The third-order valence-electron chi connectivity index (χ3n) is 6.06. The molecule has 0 fully saturated rings. The van der Waals surface area contributed by atoms with Crippen molar-refractivity contribution in [1.29, 1.82) is 0 Å². The van der Waals surface area contributed by atoms with Crippen molar-refractivity contribution in [2.75, 3.05) is 36.8 Å². The van der Waals surface area contributed by atoms with Gasteiger partial charge in [0.05, 0.1) is 13.1 Å². The van der Waals surface area contributed by atoms with Crippen LogP contribution in [0.2, 0.25) is 0 Å². The second-order valence-corrected chi connectivity index (χ2v) is 8.67. The van der Waals surface area contributed by atoms with Crippen LogP contribution in [0.15, 0.2) is 82.8 Å². The molecule has 0 unspecified atom stereocenters. The zero-order valence-electron chi connectivity index (χ0n) is 20.3. The molecule has 2 heterocycles. The Balaban J connectivity index is 0.00000320. The first-order valence-corrected chi connectivity index (χ1v) is 12.1. The molecule has 3 aromatic carbocycles. The number of rotatable bonds is 8. The number of aryl methyl sites for hydroxylation is 1. The number of nitrogens with zero attached hydrogens (tertiary/aromatic N) is 2. The van der Waals surface area contributed by atoms with Crippen LogP contribution in [-0.2, 0) is 11.2 Å². The molecule has 0 spiro atoms. The number of anilines is 2. The minimum atomic E-state index is -0.175. The Labute approximate surface area is 222 Å². The summed E-state index contributed by atoms with van der Waals surface area (Å²) in [6.45, 7) is 3.30. The Morgan fingerprint density at radius 1 is 0.703 bits per heavy atom. The Morgan fingerprint density at radius 3 is 1.70 bits per heavy atom. The van der Waals surface area contributed by atoms with Crippen molar-refractivity contribution in [2.24, 2.45) is 9.98 Å². The molecule has 5 rings (SSSR count). The second kappa shape index (κ2) is 12.2. The molecule has 37 heavy (non-hydrogen) atoms. The maximum atomic E-state index is 12.6. The summed E-state index contributed by atoms with van der Waals surface area (Å²) in [4.78, 5) is 33.8. The molecule has 2 aliphatic rings. The number of carbonyl (C=O) groups excluding carboxylic acids is 2. The molecular weight excluding hydrogens is 488 g/mol. The normalized spacial score (nSPS) is 13.9. The van der Waals surface area contributed by atoms with Gasteiger partial charge in [-0.05, 0) is 72.6 Å². The number of amidine groups is 2. The fourth-order valence-electron chi connectivity index (χ4n) is 4.11. The van der Waals surface area contributed by atoms with Crippen LogP contribution in [0.5, 0.6) is 0 Å². The highest BCUT2D eigenvalue weighted by molar-refractivity contribution is 6.05. The van der Waals surface area contributed by atoms with E-state index in [2.05, 4.69) is 31.3 Å². The summed E-state index contributed by atoms with van der Waals surface area (Å²) in [6, 6.07) is 22.6. The SMILES string of the molecule is Cl.O=C(CCc1ccc(C(=O)Nc2ccc(C3=NCCN3)cc2)cc1)Nc1ccc(C2=NCCN2)cc1. The third kappa shape index (κ3) is 6.74. The topological polar surface area (TPSA) is 107 Å². The molecule has 2 aliphatic heterocycles. The number of benzene rings is 3. The number of aliphatic imine (C=N–C) groups is 2. The van der Waals surface area contributed by atoms with Crippen LogP contribution >= 0.6 is 12.4 Å². The second-order valence-electron chi connectivity index (χ2n) is 8.67. The quantitative estimate of drug-likeness (QED) is 0.367. The molecule has 190 valence electrons. The van der Waals surface area contributed by atoms with E-state index in [1.807, 2.05) is 60.7 Å². The lowest BCUT2D eigenvalue weighted by Crippen LogP contribution is -2.19. The van der Waals surface area contributed by atoms with Gasteiger partial charge >= 0.3 is 0 Å². The molecule has 0 atom stereocenters. The Morgan fingerprint density at radius 2 is 1.22 bits per heavy atom. The van der Waals surface area contributed by atoms with Crippen molar-refractivity contribution in [2.45, 2.75) is 12.8 Å². The van der Waals surface area contributed by atoms with Gasteiger partial charge in [0.15, 0.2) is 0 Å². The first kappa shape index (κ1) is 25.9. The number of carbonyl (C=O) groups is 2. The third-order valence-corrected chi connectivity index (χ3v) is 6.06. The van der Waals surface area contributed by atoms with Gasteiger partial charge in [-0.25, -0.2) is 0 Å². The van der Waals surface area contributed by atoms with E-state index in [0.29, 0.717) is 18.4 Å². The predicted molar refractivity (Wildman–Crippen MR) is 150 cm³/mol. The largest absolute Gasteiger partial charge is 0.368 e. The van der Waals surface area contributed by atoms with Crippen molar-refractivity contribution >= 4 is 47.3 Å². The molecule has 0 aromatic heterocycles. The molecule has 2 amide bonds. The summed E-state index contributed by atoms with van der Waals surface area (Å²) in [6.07, 6.45) is 0.944. The standard InChI is InChI=1S/C28H28N6O2.ClH/c35-25(33-23-10-6-20(7-11-23)26-29-15-16-30-26)14-3-19-1-4-22(5-2-19)28(36)34-24-12-8-21(9-13-24)27-31-17-18-32-27;/h1-2,4-13H,3,14-18H2,(H,29,30)(H,31,32)(H,33,35)(H,34,36);1H. The van der Waals surface area contributed by atoms with Gasteiger partial charge in [0, 0.05) is 47.6 Å². The Bertz CT molecular complexity index is 1300. The van der Waals surface area contributed by atoms with Crippen molar-refractivity contribution in [3.63, 3.8) is 0 Å². The average Bonchev–Trinajstić information content (AvgIpc) is 3.64. The molecule has 0 saturated heterocycles. The van der Waals surface area contributed by atoms with E-state index >= 15 is 0 Å². The average molecular weight is 517 g/mol. The van der Waals surface area contributed by atoms with Crippen LogP contribution in [0.1, 0.15) is 33.5 Å². The van der Waals surface area contributed by atoms with Gasteiger partial charge in [-0.2, -0.15) is 0 Å². The lowest BCUT2D eigenvalue weighted by atomic mass is 10.1. The minimum absolute atomic E-state index is 0. The summed E-state index contributed by atoms with van der Waals surface area (Å²) < 4.78 is 0. The monoisotopic (exact) mass is 516 g/mol. The van der Waals surface area contributed by atoms with Crippen LogP contribution in [-0.4, -0.2) is 49.7 Å². The van der Waals surface area contributed by atoms with E-state index < -0.39 is 0 Å². The first-order chi connectivity index (χ1) is 17.6. The molecule has 0 bridgehead atoms. The zero-order chi connectivity index (χ0) is 24.7. The number of amides is 2. The van der Waals surface area contributed by atoms with Gasteiger partial charge in [-0.1, -0.05) is 12.1 Å². The van der Waals surface area contributed by atoms with Crippen LogP contribution in [0.3, 0.4) is 0 Å². The Kier molecular flexibility index (Phi) is 8.53. The van der Waals surface area contributed by atoms with Crippen molar-refractivity contribution in [3.8, 4) is 0 Å². The first-order valence-electron chi connectivity index (χ1n) is 12.1. The van der Waals surface area contributed by atoms with Crippen molar-refractivity contribution in [1.82, 2.24) is 10.6 Å². The van der Waals surface area contributed by atoms with Gasteiger partial charge in [-0.15, -0.1) is 12.4 Å². The number of nitrogens with one attached hydrogen (secondary N) is 4. The molecule has 0 aliphatic carbocycles. The van der Waals surface area contributed by atoms with E-state index in [1.165, 1.54) is 0 Å². The molecule has 0 radical (unpaired) electrons. The maximum Gasteiger partial charge on any atom is 0.255 e. The van der Waals surface area contributed by atoms with E-state index in [-0.39, 0.29) is 24.2 Å². The fraction of sp³-hybridized carbons (Fsp3) is 0.214. The summed E-state index contributed by atoms with van der Waals surface area (Å²) in [7, 11) is 0. The predicted octanol–water partition coefficient (Wildman–Crippen LogP) is 3.63. The summed E-state index contributed by atoms with van der Waals surface area (Å²) >= 11 is 0. The molecule has 3 aromatic rings. The maximum absolute atomic E-state index is 12.6. The van der Waals surface area contributed by atoms with Gasteiger partial charge in [0.2, 0.25) is 5.91 Å². The van der Waals surface area contributed by atoms with Crippen molar-refractivity contribution in [3.05, 3.63) is 95.1 Å². The van der Waals surface area contributed by atoms with Crippen LogP contribution in [0.4, 0.5) is 11.4 Å². The van der Waals surface area contributed by atoms with Gasteiger partial charge in [0.25, 0.3) is 5.91 Å². The molecule has 4 N–H and O–H groups in total. The highest BCUT2D eigenvalue weighted by Crippen LogP contribution is 2.15. The van der Waals surface area contributed by atoms with E-state index in [4.69, 9.17) is 0 Å². The Hall–Kier alpha value is -4.17. The van der Waals surface area contributed by atoms with Crippen LogP contribution < -0.4 is 21.3 Å². The number of hydrogen-bond donors (Lipinski definition) is 4. The number of halogens is 1. The summed E-state index contributed by atoms with van der Waals surface area (Å²) in [5, 5.41) is 12.3.